The molecule has 10 nitrogen and oxygen atoms in total. The van der Waals surface area contributed by atoms with E-state index in [-0.39, 0.29) is 34.3 Å². The van der Waals surface area contributed by atoms with Gasteiger partial charge in [0.25, 0.3) is 0 Å². The molecule has 2 aromatic carbocycles. The van der Waals surface area contributed by atoms with E-state index in [0.29, 0.717) is 23.5 Å². The number of carbonyl (C=O) groups excluding carboxylic acids is 1. The molecule has 11 heteroatoms. The van der Waals surface area contributed by atoms with Gasteiger partial charge in [-0.05, 0) is 36.1 Å². The summed E-state index contributed by atoms with van der Waals surface area (Å²) < 4.78 is 1.36. The van der Waals surface area contributed by atoms with Crippen LogP contribution in [0.3, 0.4) is 0 Å². The highest BCUT2D eigenvalue weighted by molar-refractivity contribution is 6.30. The monoisotopic (exact) mass is 521 g/mol. The van der Waals surface area contributed by atoms with Crippen molar-refractivity contribution in [2.24, 2.45) is 0 Å². The van der Waals surface area contributed by atoms with Crippen LogP contribution < -0.4 is 0 Å². The standard InChI is InChI=1S/C26H24ClN5O5/c1-2-3-6-15-11-17(23(33)18-7-4-5-8-19(18)25(34)35)10-9-16(15)12-22-28-20(24(27)29-22)13-32-14-21(26(36)37)30-31-32/h4-5,7-11,14H,2-3,6,12-13H2,1H3,(H,28,29)(H,34,35)(H,36,37). The number of H-pyrrole nitrogens is 1. The van der Waals surface area contributed by atoms with Gasteiger partial charge in [0.2, 0.25) is 0 Å². The molecule has 0 aliphatic carbocycles. The number of ketones is 1. The molecule has 2 heterocycles. The third-order valence-corrected chi connectivity index (χ3v) is 6.20. The van der Waals surface area contributed by atoms with Crippen LogP contribution in [-0.4, -0.2) is 52.9 Å². The van der Waals surface area contributed by atoms with E-state index in [4.69, 9.17) is 16.7 Å². The maximum Gasteiger partial charge on any atom is 0.358 e. The smallest absolute Gasteiger partial charge is 0.358 e. The highest BCUT2D eigenvalue weighted by Gasteiger charge is 2.19. The summed E-state index contributed by atoms with van der Waals surface area (Å²) in [4.78, 5) is 43.4. The quantitative estimate of drug-likeness (QED) is 0.247. The Morgan fingerprint density at radius 2 is 1.78 bits per heavy atom. The first-order valence-electron chi connectivity index (χ1n) is 11.6. The zero-order chi connectivity index (χ0) is 26.5. The van der Waals surface area contributed by atoms with Crippen molar-refractivity contribution in [3.63, 3.8) is 0 Å². The lowest BCUT2D eigenvalue weighted by molar-refractivity contribution is 0.0681. The van der Waals surface area contributed by atoms with Crippen LogP contribution in [0.4, 0.5) is 0 Å². The molecule has 0 unspecified atom stereocenters. The van der Waals surface area contributed by atoms with Gasteiger partial charge in [0.15, 0.2) is 16.6 Å². The molecule has 0 spiro atoms. The minimum atomic E-state index is -1.17. The van der Waals surface area contributed by atoms with Crippen LogP contribution in [0.25, 0.3) is 0 Å². The molecular formula is C26H24ClN5O5. The number of unbranched alkanes of at least 4 members (excludes halogenated alkanes) is 1. The van der Waals surface area contributed by atoms with Crippen molar-refractivity contribution in [3.8, 4) is 0 Å². The topological polar surface area (TPSA) is 151 Å². The number of carboxylic acids is 2. The fraction of sp³-hybridized carbons (Fsp3) is 0.231. The van der Waals surface area contributed by atoms with Gasteiger partial charge in [-0.15, -0.1) is 5.10 Å². The van der Waals surface area contributed by atoms with Gasteiger partial charge in [0, 0.05) is 17.5 Å². The summed E-state index contributed by atoms with van der Waals surface area (Å²) in [7, 11) is 0. The van der Waals surface area contributed by atoms with Crippen molar-refractivity contribution in [1.29, 1.82) is 0 Å². The van der Waals surface area contributed by atoms with Crippen LogP contribution in [0.5, 0.6) is 0 Å². The fourth-order valence-corrected chi connectivity index (χ4v) is 4.22. The van der Waals surface area contributed by atoms with E-state index in [1.54, 1.807) is 18.2 Å². The summed E-state index contributed by atoms with van der Waals surface area (Å²) in [5.41, 5.74) is 2.85. The number of rotatable bonds is 11. The zero-order valence-corrected chi connectivity index (χ0v) is 20.7. The summed E-state index contributed by atoms with van der Waals surface area (Å²) in [6.07, 6.45) is 4.36. The van der Waals surface area contributed by atoms with E-state index in [1.165, 1.54) is 23.0 Å². The summed E-state index contributed by atoms with van der Waals surface area (Å²) in [5, 5.41) is 26.1. The minimum absolute atomic E-state index is 0.0349. The predicted molar refractivity (Wildman–Crippen MR) is 134 cm³/mol. The molecule has 3 N–H and O–H groups in total. The van der Waals surface area contributed by atoms with Gasteiger partial charge in [-0.25, -0.2) is 19.3 Å². The summed E-state index contributed by atoms with van der Waals surface area (Å²) in [6, 6.07) is 11.5. The largest absolute Gasteiger partial charge is 0.478 e. The molecule has 4 rings (SSSR count). The van der Waals surface area contributed by atoms with Crippen molar-refractivity contribution in [2.75, 3.05) is 0 Å². The first-order valence-corrected chi connectivity index (χ1v) is 12.0. The Hall–Kier alpha value is -4.31. The Morgan fingerprint density at radius 3 is 2.46 bits per heavy atom. The number of aromatic carboxylic acids is 2. The Labute approximate surface area is 216 Å². The number of carbonyl (C=O) groups is 3. The SMILES string of the molecule is CCCCc1cc(C(=O)c2ccccc2C(=O)O)ccc1Cc1nc(Cl)c(Cn2cc(C(=O)O)nn2)[nH]1. The van der Waals surface area contributed by atoms with E-state index < -0.39 is 11.9 Å². The van der Waals surface area contributed by atoms with Crippen molar-refractivity contribution in [2.45, 2.75) is 39.2 Å². The molecule has 0 radical (unpaired) electrons. The van der Waals surface area contributed by atoms with Crippen LogP contribution in [0.15, 0.2) is 48.7 Å². The number of nitrogens with one attached hydrogen (secondary N) is 1. The number of halogens is 1. The number of aryl methyl sites for hydroxylation is 1. The van der Waals surface area contributed by atoms with E-state index in [0.717, 1.165) is 30.4 Å². The van der Waals surface area contributed by atoms with E-state index >= 15 is 0 Å². The molecule has 0 amide bonds. The maximum absolute atomic E-state index is 13.2. The van der Waals surface area contributed by atoms with Gasteiger partial charge in [-0.1, -0.05) is 60.5 Å². The predicted octanol–water partition coefficient (Wildman–Crippen LogP) is 4.26. The fourth-order valence-electron chi connectivity index (χ4n) is 4.01. The van der Waals surface area contributed by atoms with E-state index in [2.05, 4.69) is 27.2 Å². The maximum atomic E-state index is 13.2. The van der Waals surface area contributed by atoms with Gasteiger partial charge in [0.1, 0.15) is 5.82 Å². The number of carboxylic acid groups (broad SMARTS) is 2. The number of imidazole rings is 1. The van der Waals surface area contributed by atoms with Crippen molar-refractivity contribution in [1.82, 2.24) is 25.0 Å². The number of aromatic amines is 1. The van der Waals surface area contributed by atoms with Crippen LogP contribution in [0.1, 0.15) is 79.2 Å². The molecule has 0 atom stereocenters. The summed E-state index contributed by atoms with van der Waals surface area (Å²) in [6.45, 7) is 2.25. The lowest BCUT2D eigenvalue weighted by Crippen LogP contribution is -2.10. The molecule has 0 aliphatic rings. The number of aromatic nitrogens is 5. The molecule has 0 fully saturated rings. The van der Waals surface area contributed by atoms with Crippen LogP contribution in [0, 0.1) is 0 Å². The second-order valence-corrected chi connectivity index (χ2v) is 8.86. The van der Waals surface area contributed by atoms with Crippen LogP contribution in [-0.2, 0) is 19.4 Å². The van der Waals surface area contributed by atoms with E-state index in [1.807, 2.05) is 12.1 Å². The average molecular weight is 522 g/mol. The van der Waals surface area contributed by atoms with Crippen molar-refractivity contribution in [3.05, 3.63) is 98.8 Å². The van der Waals surface area contributed by atoms with Gasteiger partial charge in [0.05, 0.1) is 24.0 Å². The van der Waals surface area contributed by atoms with Crippen LogP contribution >= 0.6 is 11.6 Å². The van der Waals surface area contributed by atoms with Gasteiger partial charge < -0.3 is 15.2 Å². The zero-order valence-electron chi connectivity index (χ0n) is 19.9. The number of benzene rings is 2. The molecule has 4 aromatic rings. The Bertz CT molecular complexity index is 1480. The average Bonchev–Trinajstić information content (AvgIpc) is 3.49. The summed E-state index contributed by atoms with van der Waals surface area (Å²) in [5.74, 6) is -2.07. The minimum Gasteiger partial charge on any atom is -0.478 e. The lowest BCUT2D eigenvalue weighted by Gasteiger charge is -2.12. The molecule has 2 aromatic heterocycles. The Balaban J connectivity index is 1.59. The second-order valence-electron chi connectivity index (χ2n) is 8.50. The van der Waals surface area contributed by atoms with Gasteiger partial charge >= 0.3 is 11.9 Å². The third kappa shape index (κ3) is 5.92. The highest BCUT2D eigenvalue weighted by Crippen LogP contribution is 2.23. The first-order chi connectivity index (χ1) is 17.8. The normalized spacial score (nSPS) is 11.0. The number of hydrogen-bond donors (Lipinski definition) is 3. The first kappa shape index (κ1) is 25.8. The number of nitrogens with zero attached hydrogens (tertiary/aromatic N) is 4. The van der Waals surface area contributed by atoms with Gasteiger partial charge in [-0.3, -0.25) is 4.79 Å². The molecular weight excluding hydrogens is 498 g/mol. The molecule has 0 saturated carbocycles. The van der Waals surface area contributed by atoms with Crippen LogP contribution in [0.2, 0.25) is 5.15 Å². The van der Waals surface area contributed by atoms with Gasteiger partial charge in [-0.2, -0.15) is 0 Å². The molecule has 190 valence electrons. The lowest BCUT2D eigenvalue weighted by atomic mass is 9.92. The second kappa shape index (κ2) is 11.2. The molecule has 0 bridgehead atoms. The molecule has 0 aliphatic heterocycles. The van der Waals surface area contributed by atoms with Crippen molar-refractivity contribution >= 4 is 29.3 Å². The third-order valence-electron chi connectivity index (χ3n) is 5.88. The number of hydrogen-bond acceptors (Lipinski definition) is 6. The Morgan fingerprint density at radius 1 is 1.03 bits per heavy atom. The summed E-state index contributed by atoms with van der Waals surface area (Å²) >= 11 is 6.32. The Kier molecular flexibility index (Phi) is 7.78. The van der Waals surface area contributed by atoms with E-state index in [9.17, 15) is 19.5 Å². The highest BCUT2D eigenvalue weighted by atomic mass is 35.5. The molecule has 0 saturated heterocycles. The van der Waals surface area contributed by atoms with Crippen molar-refractivity contribution < 1.29 is 24.6 Å². The molecule has 37 heavy (non-hydrogen) atoms.